The van der Waals surface area contributed by atoms with E-state index in [0.717, 1.165) is 10.8 Å². The van der Waals surface area contributed by atoms with Gasteiger partial charge in [0.1, 0.15) is 12.3 Å². The number of aromatic hydroxyl groups is 1. The summed E-state index contributed by atoms with van der Waals surface area (Å²) in [6.45, 7) is -0.677. The van der Waals surface area contributed by atoms with Gasteiger partial charge in [0, 0.05) is 5.56 Å². The van der Waals surface area contributed by atoms with Crippen LogP contribution >= 0.6 is 11.8 Å². The number of hydrogen-bond acceptors (Lipinski definition) is 5. The Morgan fingerprint density at radius 3 is 2.65 bits per heavy atom. The molecular formula is C16H11NO5S. The molecule has 0 unspecified atom stereocenters. The smallest absolute Gasteiger partial charge is 0.323 e. The van der Waals surface area contributed by atoms with Gasteiger partial charge in [0.25, 0.3) is 11.1 Å². The lowest BCUT2D eigenvalue weighted by Crippen LogP contribution is -2.33. The fourth-order valence-corrected chi connectivity index (χ4v) is 3.16. The Kier molecular flexibility index (Phi) is 3.79. The number of imide groups is 1. The molecule has 2 aromatic rings. The summed E-state index contributed by atoms with van der Waals surface area (Å²) < 4.78 is 0. The van der Waals surface area contributed by atoms with Gasteiger partial charge in [-0.05, 0) is 34.7 Å². The molecule has 2 aromatic carbocycles. The van der Waals surface area contributed by atoms with Crippen molar-refractivity contribution in [3.63, 3.8) is 0 Å². The van der Waals surface area contributed by atoms with Crippen molar-refractivity contribution < 1.29 is 24.6 Å². The first-order chi connectivity index (χ1) is 11.0. The maximum Gasteiger partial charge on any atom is 0.323 e. The summed E-state index contributed by atoms with van der Waals surface area (Å²) in [5.41, 5.74) is 0.420. The predicted molar refractivity (Wildman–Crippen MR) is 85.9 cm³/mol. The molecular weight excluding hydrogens is 318 g/mol. The second kappa shape index (κ2) is 5.77. The predicted octanol–water partition coefficient (Wildman–Crippen LogP) is 2.67. The van der Waals surface area contributed by atoms with Crippen LogP contribution in [-0.4, -0.2) is 38.8 Å². The van der Waals surface area contributed by atoms with E-state index in [1.54, 1.807) is 18.2 Å². The second-order valence-corrected chi connectivity index (χ2v) is 5.87. The number of carbonyl (C=O) groups excluding carboxylic acids is 2. The maximum absolute atomic E-state index is 12.2. The molecule has 116 valence electrons. The van der Waals surface area contributed by atoms with Crippen molar-refractivity contribution in [1.82, 2.24) is 4.90 Å². The zero-order valence-electron chi connectivity index (χ0n) is 11.7. The summed E-state index contributed by atoms with van der Waals surface area (Å²) in [5.74, 6) is -1.95. The van der Waals surface area contributed by atoms with Crippen molar-refractivity contribution >= 4 is 45.7 Å². The number of rotatable bonds is 3. The number of phenols is 1. The van der Waals surface area contributed by atoms with E-state index >= 15 is 0 Å². The number of thioether (sulfide) groups is 1. The van der Waals surface area contributed by atoms with E-state index in [9.17, 15) is 19.5 Å². The number of carbonyl (C=O) groups is 3. The first-order valence-corrected chi connectivity index (χ1v) is 7.47. The van der Waals surface area contributed by atoms with Crippen molar-refractivity contribution in [3.05, 3.63) is 46.9 Å². The first-order valence-electron chi connectivity index (χ1n) is 6.65. The van der Waals surface area contributed by atoms with Gasteiger partial charge in [-0.1, -0.05) is 30.3 Å². The van der Waals surface area contributed by atoms with Crippen LogP contribution in [0.3, 0.4) is 0 Å². The number of benzene rings is 2. The lowest BCUT2D eigenvalue weighted by atomic mass is 10.0. The number of fused-ring (bicyclic) bond motifs is 1. The highest BCUT2D eigenvalue weighted by atomic mass is 32.2. The van der Waals surface area contributed by atoms with Gasteiger partial charge < -0.3 is 10.2 Å². The van der Waals surface area contributed by atoms with E-state index < -0.39 is 23.7 Å². The minimum atomic E-state index is -1.26. The van der Waals surface area contributed by atoms with Crippen molar-refractivity contribution in [2.75, 3.05) is 6.54 Å². The van der Waals surface area contributed by atoms with Crippen molar-refractivity contribution in [2.45, 2.75) is 0 Å². The Morgan fingerprint density at radius 1 is 1.17 bits per heavy atom. The Balaban J connectivity index is 2.06. The maximum atomic E-state index is 12.2. The molecule has 1 aliphatic heterocycles. The summed E-state index contributed by atoms with van der Waals surface area (Å²) in [4.78, 5) is 35.4. The fraction of sp³-hybridized carbons (Fsp3) is 0.0625. The number of hydrogen-bond donors (Lipinski definition) is 2. The molecule has 1 aliphatic rings. The van der Waals surface area contributed by atoms with Crippen LogP contribution in [-0.2, 0) is 9.59 Å². The van der Waals surface area contributed by atoms with Gasteiger partial charge in [-0.15, -0.1) is 0 Å². The van der Waals surface area contributed by atoms with Crippen molar-refractivity contribution in [3.8, 4) is 5.75 Å². The van der Waals surface area contributed by atoms with Gasteiger partial charge in [-0.25, -0.2) is 0 Å². The van der Waals surface area contributed by atoms with Crippen LogP contribution in [0.5, 0.6) is 5.75 Å². The quantitative estimate of drug-likeness (QED) is 0.841. The molecule has 0 aliphatic carbocycles. The van der Waals surface area contributed by atoms with E-state index in [0.29, 0.717) is 22.2 Å². The van der Waals surface area contributed by atoms with E-state index in [1.807, 2.05) is 12.1 Å². The molecule has 3 rings (SSSR count). The Bertz CT molecular complexity index is 874. The molecule has 2 amide bonds. The molecule has 1 saturated heterocycles. The summed E-state index contributed by atoms with van der Waals surface area (Å²) in [6, 6.07) is 10.6. The van der Waals surface area contributed by atoms with E-state index in [2.05, 4.69) is 0 Å². The van der Waals surface area contributed by atoms with Gasteiger partial charge in [-0.3, -0.25) is 19.3 Å². The van der Waals surface area contributed by atoms with Gasteiger partial charge in [-0.2, -0.15) is 0 Å². The number of carboxylic acids is 1. The van der Waals surface area contributed by atoms with Crippen LogP contribution in [0.1, 0.15) is 5.56 Å². The summed E-state index contributed by atoms with van der Waals surface area (Å²) in [7, 11) is 0. The topological polar surface area (TPSA) is 94.9 Å². The number of nitrogens with zero attached hydrogens (tertiary/aromatic N) is 1. The van der Waals surface area contributed by atoms with E-state index in [-0.39, 0.29) is 10.7 Å². The highest BCUT2D eigenvalue weighted by Crippen LogP contribution is 2.36. The third-order valence-corrected chi connectivity index (χ3v) is 4.30. The highest BCUT2D eigenvalue weighted by molar-refractivity contribution is 8.18. The van der Waals surface area contributed by atoms with Gasteiger partial charge >= 0.3 is 5.97 Å². The van der Waals surface area contributed by atoms with Crippen LogP contribution in [0.2, 0.25) is 0 Å². The Labute approximate surface area is 135 Å². The normalized spacial score (nSPS) is 16.5. The average Bonchev–Trinajstić information content (AvgIpc) is 2.77. The van der Waals surface area contributed by atoms with Gasteiger partial charge in [0.15, 0.2) is 0 Å². The zero-order chi connectivity index (χ0) is 16.6. The molecule has 0 aromatic heterocycles. The average molecular weight is 329 g/mol. The minimum absolute atomic E-state index is 0.0197. The van der Waals surface area contributed by atoms with Crippen LogP contribution in [0.15, 0.2) is 41.3 Å². The van der Waals surface area contributed by atoms with Crippen LogP contribution in [0.25, 0.3) is 16.8 Å². The van der Waals surface area contributed by atoms with Crippen LogP contribution in [0, 0.1) is 0 Å². The van der Waals surface area contributed by atoms with Crippen LogP contribution in [0.4, 0.5) is 4.79 Å². The number of phenolic OH excluding ortho intramolecular Hbond substituents is 1. The summed E-state index contributed by atoms with van der Waals surface area (Å²) in [5, 5.41) is 19.8. The molecule has 0 saturated carbocycles. The third-order valence-electron chi connectivity index (χ3n) is 3.39. The van der Waals surface area contributed by atoms with Gasteiger partial charge in [0.2, 0.25) is 0 Å². The minimum Gasteiger partial charge on any atom is -0.507 e. The monoisotopic (exact) mass is 329 g/mol. The molecule has 2 N–H and O–H groups in total. The molecule has 0 radical (unpaired) electrons. The second-order valence-electron chi connectivity index (χ2n) is 4.88. The number of carboxylic acid groups (broad SMARTS) is 1. The Hall–Kier alpha value is -2.80. The highest BCUT2D eigenvalue weighted by Gasteiger charge is 2.36. The molecule has 0 spiro atoms. The lowest BCUT2D eigenvalue weighted by molar-refractivity contribution is -0.140. The molecule has 1 heterocycles. The molecule has 23 heavy (non-hydrogen) atoms. The van der Waals surface area contributed by atoms with Gasteiger partial charge in [0.05, 0.1) is 4.91 Å². The van der Waals surface area contributed by atoms with E-state index in [1.165, 1.54) is 12.1 Å². The van der Waals surface area contributed by atoms with Crippen LogP contribution < -0.4 is 0 Å². The summed E-state index contributed by atoms with van der Waals surface area (Å²) in [6.07, 6.45) is 1.42. The fourth-order valence-electron chi connectivity index (χ4n) is 2.34. The third kappa shape index (κ3) is 2.78. The number of aliphatic carboxylic acids is 1. The SMILES string of the molecule is O=C(O)CN1C(=O)SC(=Cc2c(O)ccc3ccccc23)C1=O. The molecule has 0 atom stereocenters. The Morgan fingerprint density at radius 2 is 1.91 bits per heavy atom. The lowest BCUT2D eigenvalue weighted by Gasteiger charge is -2.08. The molecule has 1 fully saturated rings. The van der Waals surface area contributed by atoms with Crippen molar-refractivity contribution in [1.29, 1.82) is 0 Å². The molecule has 6 nitrogen and oxygen atoms in total. The van der Waals surface area contributed by atoms with E-state index in [4.69, 9.17) is 5.11 Å². The summed E-state index contributed by atoms with van der Waals surface area (Å²) >= 11 is 0.660. The molecule has 7 heteroatoms. The van der Waals surface area contributed by atoms with Crippen molar-refractivity contribution in [2.24, 2.45) is 0 Å². The first kappa shape index (κ1) is 15.1. The number of amides is 2. The zero-order valence-corrected chi connectivity index (χ0v) is 12.5. The standard InChI is InChI=1S/C16H11NO5S/c18-12-6-5-9-3-1-2-4-10(9)11(12)7-13-15(21)17(8-14(19)20)16(22)23-13/h1-7,18H,8H2,(H,19,20). The largest absolute Gasteiger partial charge is 0.507 e. The molecule has 0 bridgehead atoms.